The van der Waals surface area contributed by atoms with Gasteiger partial charge in [-0.2, -0.15) is 0 Å². The fraction of sp³-hybridized carbons (Fsp3) is 0.588. The average molecular weight is 290 g/mol. The molecule has 0 radical (unpaired) electrons. The van der Waals surface area contributed by atoms with Gasteiger partial charge in [-0.1, -0.05) is 37.3 Å². The molecule has 1 unspecified atom stereocenters. The molecule has 0 aliphatic heterocycles. The number of carbonyl (C=O) groups is 1. The summed E-state index contributed by atoms with van der Waals surface area (Å²) in [5.74, 6) is -0.147. The normalized spacial score (nSPS) is 27.5. The first-order valence-electron chi connectivity index (χ1n) is 7.68. The molecule has 4 nitrogen and oxygen atoms in total. The van der Waals surface area contributed by atoms with Crippen LogP contribution in [0.25, 0.3) is 0 Å². The minimum absolute atomic E-state index is 0.0249. The predicted octanol–water partition coefficient (Wildman–Crippen LogP) is 2.40. The van der Waals surface area contributed by atoms with Crippen molar-refractivity contribution in [3.8, 4) is 0 Å². The first kappa shape index (κ1) is 16.0. The Morgan fingerprint density at radius 2 is 2.05 bits per heavy atom. The van der Waals surface area contributed by atoms with Gasteiger partial charge in [-0.25, -0.2) is 0 Å². The van der Waals surface area contributed by atoms with Gasteiger partial charge in [0, 0.05) is 17.6 Å². The topological polar surface area (TPSA) is 64.3 Å². The monoisotopic (exact) mass is 290 g/mol. The van der Waals surface area contributed by atoms with E-state index in [4.69, 9.17) is 10.5 Å². The summed E-state index contributed by atoms with van der Waals surface area (Å²) in [7, 11) is 1.45. The number of hydrogen-bond donors (Lipinski definition) is 2. The molecule has 0 saturated heterocycles. The number of rotatable bonds is 6. The Morgan fingerprint density at radius 3 is 2.57 bits per heavy atom. The van der Waals surface area contributed by atoms with Gasteiger partial charge < -0.3 is 15.8 Å². The maximum Gasteiger partial charge on any atom is 0.308 e. The molecule has 2 atom stereocenters. The van der Waals surface area contributed by atoms with Crippen LogP contribution in [0, 0.1) is 5.92 Å². The maximum absolute atomic E-state index is 11.7. The van der Waals surface area contributed by atoms with E-state index in [1.165, 1.54) is 12.7 Å². The van der Waals surface area contributed by atoms with Crippen molar-refractivity contribution in [2.75, 3.05) is 7.11 Å². The molecule has 1 fully saturated rings. The molecule has 116 valence electrons. The summed E-state index contributed by atoms with van der Waals surface area (Å²) in [6.45, 7) is 4.23. The molecular formula is C17H26N2O2. The molecule has 0 amide bonds. The van der Waals surface area contributed by atoms with E-state index in [9.17, 15) is 4.79 Å². The third kappa shape index (κ3) is 3.27. The minimum atomic E-state index is -0.164. The van der Waals surface area contributed by atoms with Gasteiger partial charge in [-0.05, 0) is 31.7 Å². The zero-order valence-electron chi connectivity index (χ0n) is 13.1. The van der Waals surface area contributed by atoms with Crippen LogP contribution in [-0.2, 0) is 9.53 Å². The fourth-order valence-corrected chi connectivity index (χ4v) is 3.33. The predicted molar refractivity (Wildman–Crippen MR) is 83.7 cm³/mol. The summed E-state index contributed by atoms with van der Waals surface area (Å²) in [5, 5.41) is 3.67. The van der Waals surface area contributed by atoms with Crippen molar-refractivity contribution in [3.63, 3.8) is 0 Å². The Bertz CT molecular complexity index is 469. The Hall–Kier alpha value is -1.39. The van der Waals surface area contributed by atoms with E-state index in [-0.39, 0.29) is 29.5 Å². The van der Waals surface area contributed by atoms with E-state index in [2.05, 4.69) is 31.3 Å². The van der Waals surface area contributed by atoms with E-state index in [0.717, 1.165) is 19.3 Å². The van der Waals surface area contributed by atoms with Crippen LogP contribution < -0.4 is 11.1 Å². The van der Waals surface area contributed by atoms with Gasteiger partial charge in [0.2, 0.25) is 0 Å². The largest absolute Gasteiger partial charge is 0.469 e. The second kappa shape index (κ2) is 6.58. The van der Waals surface area contributed by atoms with Crippen LogP contribution in [0.5, 0.6) is 0 Å². The highest BCUT2D eigenvalue weighted by Gasteiger charge is 2.51. The van der Waals surface area contributed by atoms with Crippen molar-refractivity contribution in [1.82, 2.24) is 5.32 Å². The Morgan fingerprint density at radius 1 is 1.43 bits per heavy atom. The summed E-state index contributed by atoms with van der Waals surface area (Å²) < 4.78 is 4.84. The van der Waals surface area contributed by atoms with Crippen molar-refractivity contribution < 1.29 is 9.53 Å². The van der Waals surface area contributed by atoms with Crippen LogP contribution in [0.3, 0.4) is 0 Å². The van der Waals surface area contributed by atoms with E-state index in [0.29, 0.717) is 0 Å². The van der Waals surface area contributed by atoms with Crippen LogP contribution in [0.15, 0.2) is 30.3 Å². The fourth-order valence-electron chi connectivity index (χ4n) is 3.33. The minimum Gasteiger partial charge on any atom is -0.469 e. The third-order valence-electron chi connectivity index (χ3n) is 4.71. The number of carbonyl (C=O) groups excluding carboxylic acids is 1. The molecule has 2 rings (SSSR count). The first-order chi connectivity index (χ1) is 10.0. The van der Waals surface area contributed by atoms with Gasteiger partial charge in [0.15, 0.2) is 0 Å². The van der Waals surface area contributed by atoms with Gasteiger partial charge >= 0.3 is 5.97 Å². The molecule has 4 heteroatoms. The molecule has 0 heterocycles. The SMILES string of the molecule is CCC(N)C1(N[C@H](C)c2ccccc2)CC(C(=O)OC)C1. The maximum atomic E-state index is 11.7. The molecule has 1 aliphatic rings. The molecular weight excluding hydrogens is 264 g/mol. The summed E-state index contributed by atoms with van der Waals surface area (Å²) in [6.07, 6.45) is 2.40. The van der Waals surface area contributed by atoms with E-state index in [1.807, 2.05) is 18.2 Å². The van der Waals surface area contributed by atoms with Crippen LogP contribution in [0.1, 0.15) is 44.7 Å². The first-order valence-corrected chi connectivity index (χ1v) is 7.68. The second-order valence-electron chi connectivity index (χ2n) is 6.08. The molecule has 0 spiro atoms. The number of ether oxygens (including phenoxy) is 1. The number of benzene rings is 1. The Kier molecular flexibility index (Phi) is 5.01. The van der Waals surface area contributed by atoms with E-state index >= 15 is 0 Å². The van der Waals surface area contributed by atoms with Crippen molar-refractivity contribution in [2.45, 2.75) is 50.7 Å². The Labute approximate surface area is 127 Å². The highest BCUT2D eigenvalue weighted by atomic mass is 16.5. The lowest BCUT2D eigenvalue weighted by Gasteiger charge is -2.52. The lowest BCUT2D eigenvalue weighted by molar-refractivity contribution is -0.152. The highest BCUT2D eigenvalue weighted by molar-refractivity contribution is 5.74. The summed E-state index contributed by atoms with van der Waals surface area (Å²) >= 11 is 0. The third-order valence-corrected chi connectivity index (χ3v) is 4.71. The van der Waals surface area contributed by atoms with E-state index in [1.54, 1.807) is 0 Å². The van der Waals surface area contributed by atoms with Crippen molar-refractivity contribution in [2.24, 2.45) is 11.7 Å². The van der Waals surface area contributed by atoms with Crippen LogP contribution in [0.4, 0.5) is 0 Å². The van der Waals surface area contributed by atoms with Crippen LogP contribution >= 0.6 is 0 Å². The quantitative estimate of drug-likeness (QED) is 0.790. The number of nitrogens with two attached hydrogens (primary N) is 1. The molecule has 3 N–H and O–H groups in total. The number of nitrogens with one attached hydrogen (secondary N) is 1. The molecule has 1 saturated carbocycles. The van der Waals surface area contributed by atoms with Crippen molar-refractivity contribution in [3.05, 3.63) is 35.9 Å². The molecule has 1 aliphatic carbocycles. The van der Waals surface area contributed by atoms with E-state index < -0.39 is 0 Å². The van der Waals surface area contributed by atoms with Crippen molar-refractivity contribution >= 4 is 5.97 Å². The molecule has 0 aromatic heterocycles. The van der Waals surface area contributed by atoms with Gasteiger partial charge in [0.05, 0.1) is 13.0 Å². The summed E-state index contributed by atoms with van der Waals surface area (Å²) in [6, 6.07) is 10.6. The number of hydrogen-bond acceptors (Lipinski definition) is 4. The zero-order valence-corrected chi connectivity index (χ0v) is 13.1. The highest BCUT2D eigenvalue weighted by Crippen LogP contribution is 2.42. The lowest BCUT2D eigenvalue weighted by Crippen LogP contribution is -2.66. The van der Waals surface area contributed by atoms with Gasteiger partial charge in [0.1, 0.15) is 0 Å². The molecule has 0 bridgehead atoms. The van der Waals surface area contributed by atoms with Gasteiger partial charge in [0.25, 0.3) is 0 Å². The zero-order chi connectivity index (χ0) is 15.5. The molecule has 1 aromatic rings. The van der Waals surface area contributed by atoms with Crippen LogP contribution in [0.2, 0.25) is 0 Å². The molecule has 1 aromatic carbocycles. The molecule has 21 heavy (non-hydrogen) atoms. The second-order valence-corrected chi connectivity index (χ2v) is 6.08. The summed E-state index contributed by atoms with van der Waals surface area (Å²) in [5.41, 5.74) is 7.40. The number of methoxy groups -OCH3 is 1. The van der Waals surface area contributed by atoms with Gasteiger partial charge in [-0.15, -0.1) is 0 Å². The van der Waals surface area contributed by atoms with Crippen LogP contribution in [-0.4, -0.2) is 24.7 Å². The lowest BCUT2D eigenvalue weighted by atomic mass is 9.63. The standard InChI is InChI=1S/C17H26N2O2/c1-4-15(18)17(10-14(11-17)16(20)21-3)19-12(2)13-8-6-5-7-9-13/h5-9,12,14-15,19H,4,10-11,18H2,1-3H3/t12-,14?,15?,17?/m1/s1. The summed E-state index contributed by atoms with van der Waals surface area (Å²) in [4.78, 5) is 11.7. The van der Waals surface area contributed by atoms with Crippen molar-refractivity contribution in [1.29, 1.82) is 0 Å². The Balaban J connectivity index is 2.07. The van der Waals surface area contributed by atoms with Gasteiger partial charge in [-0.3, -0.25) is 4.79 Å². The number of esters is 1. The smallest absolute Gasteiger partial charge is 0.308 e. The average Bonchev–Trinajstić information content (AvgIpc) is 2.49.